The molecular weight excluding hydrogens is 624 g/mol. The normalized spacial score (nSPS) is 11.9. The largest absolute Gasteiger partial charge is 0.354 e. The second-order valence-corrected chi connectivity index (χ2v) is 12.7. The lowest BCUT2D eigenvalue weighted by Crippen LogP contribution is -2.53. The second kappa shape index (κ2) is 15.2. The van der Waals surface area contributed by atoms with Crippen molar-refractivity contribution in [2.75, 3.05) is 17.4 Å². The van der Waals surface area contributed by atoms with Crippen LogP contribution in [0, 0.1) is 5.82 Å². The van der Waals surface area contributed by atoms with Crippen LogP contribution >= 0.6 is 23.2 Å². The van der Waals surface area contributed by atoms with Gasteiger partial charge in [0.05, 0.1) is 15.6 Å². The number of hydrogen-bond donors (Lipinski definition) is 1. The molecule has 0 aliphatic rings. The molecule has 44 heavy (non-hydrogen) atoms. The molecule has 4 aromatic rings. The Kier molecular flexibility index (Phi) is 11.4. The third-order valence-corrected chi connectivity index (χ3v) is 9.22. The van der Waals surface area contributed by atoms with Crippen LogP contribution in [0.1, 0.15) is 24.5 Å². The van der Waals surface area contributed by atoms with Crippen molar-refractivity contribution in [1.29, 1.82) is 0 Å². The monoisotopic (exact) mass is 655 g/mol. The van der Waals surface area contributed by atoms with Crippen LogP contribution in [0.15, 0.2) is 108 Å². The van der Waals surface area contributed by atoms with Gasteiger partial charge in [-0.15, -0.1) is 0 Å². The molecule has 0 aliphatic heterocycles. The zero-order valence-corrected chi connectivity index (χ0v) is 26.3. The predicted molar refractivity (Wildman–Crippen MR) is 172 cm³/mol. The third-order valence-electron chi connectivity index (χ3n) is 6.91. The van der Waals surface area contributed by atoms with E-state index in [0.29, 0.717) is 13.0 Å². The van der Waals surface area contributed by atoms with Crippen LogP contribution in [0.2, 0.25) is 10.0 Å². The molecule has 0 spiro atoms. The van der Waals surface area contributed by atoms with Crippen LogP contribution in [-0.2, 0) is 32.6 Å². The lowest BCUT2D eigenvalue weighted by atomic mass is 10.0. The Morgan fingerprint density at radius 2 is 1.52 bits per heavy atom. The van der Waals surface area contributed by atoms with Crippen molar-refractivity contribution in [1.82, 2.24) is 10.2 Å². The molecule has 0 aliphatic carbocycles. The fourth-order valence-corrected chi connectivity index (χ4v) is 6.66. The van der Waals surface area contributed by atoms with E-state index in [9.17, 15) is 22.4 Å². The molecule has 11 heteroatoms. The lowest BCUT2D eigenvalue weighted by Gasteiger charge is -2.34. The maximum atomic E-state index is 15.0. The van der Waals surface area contributed by atoms with Gasteiger partial charge < -0.3 is 10.2 Å². The van der Waals surface area contributed by atoms with Gasteiger partial charge in [0, 0.05) is 30.1 Å². The van der Waals surface area contributed by atoms with Gasteiger partial charge in [0.25, 0.3) is 10.0 Å². The molecule has 2 amide bonds. The molecule has 0 fully saturated rings. The van der Waals surface area contributed by atoms with E-state index < -0.39 is 40.2 Å². The number of nitrogens with one attached hydrogen (secondary N) is 1. The summed E-state index contributed by atoms with van der Waals surface area (Å²) in [6.07, 6.45) is 0.771. The smallest absolute Gasteiger partial charge is 0.264 e. The first kappa shape index (κ1) is 33.0. The molecule has 0 bridgehead atoms. The van der Waals surface area contributed by atoms with E-state index in [-0.39, 0.29) is 39.2 Å². The van der Waals surface area contributed by atoms with Crippen LogP contribution in [0.25, 0.3) is 0 Å². The van der Waals surface area contributed by atoms with Crippen LogP contribution in [-0.4, -0.2) is 44.3 Å². The van der Waals surface area contributed by atoms with Crippen molar-refractivity contribution in [2.24, 2.45) is 0 Å². The molecule has 1 N–H and O–H groups in total. The third kappa shape index (κ3) is 8.16. The summed E-state index contributed by atoms with van der Waals surface area (Å²) < 4.78 is 43.9. The Bertz CT molecular complexity index is 1690. The zero-order valence-electron chi connectivity index (χ0n) is 24.0. The number of hydrogen-bond acceptors (Lipinski definition) is 4. The Morgan fingerprint density at radius 3 is 2.16 bits per heavy atom. The number of nitrogens with zero attached hydrogens (tertiary/aromatic N) is 2. The first-order chi connectivity index (χ1) is 21.1. The number of carbonyl (C=O) groups excluding carboxylic acids is 2. The molecule has 4 aromatic carbocycles. The summed E-state index contributed by atoms with van der Waals surface area (Å²) in [7, 11) is -4.33. The number of sulfonamides is 1. The highest BCUT2D eigenvalue weighted by Gasteiger charge is 2.35. The molecule has 7 nitrogen and oxygen atoms in total. The van der Waals surface area contributed by atoms with Crippen LogP contribution in [0.4, 0.5) is 10.1 Å². The quantitative estimate of drug-likeness (QED) is 0.178. The number of halogens is 3. The number of carbonyl (C=O) groups is 2. The van der Waals surface area contributed by atoms with Gasteiger partial charge in [0.15, 0.2) is 0 Å². The van der Waals surface area contributed by atoms with E-state index in [1.54, 1.807) is 24.3 Å². The molecule has 0 aromatic heterocycles. The van der Waals surface area contributed by atoms with Crippen molar-refractivity contribution in [2.45, 2.75) is 37.2 Å². The highest BCUT2D eigenvalue weighted by Crippen LogP contribution is 2.33. The predicted octanol–water partition coefficient (Wildman–Crippen LogP) is 6.49. The summed E-state index contributed by atoms with van der Waals surface area (Å²) in [4.78, 5) is 29.1. The molecule has 4 rings (SSSR count). The Balaban J connectivity index is 1.82. The highest BCUT2D eigenvalue weighted by molar-refractivity contribution is 7.92. The minimum atomic E-state index is -4.33. The second-order valence-electron chi connectivity index (χ2n) is 10.0. The van der Waals surface area contributed by atoms with Gasteiger partial charge in [0.1, 0.15) is 18.4 Å². The summed E-state index contributed by atoms with van der Waals surface area (Å²) in [6, 6.07) is 25.8. The molecule has 0 radical (unpaired) electrons. The van der Waals surface area contributed by atoms with Crippen molar-refractivity contribution in [3.8, 4) is 0 Å². The Hall–Kier alpha value is -3.92. The number of anilines is 1. The lowest BCUT2D eigenvalue weighted by molar-refractivity contribution is -0.140. The molecule has 1 unspecified atom stereocenters. The fourth-order valence-electron chi connectivity index (χ4n) is 4.65. The molecule has 0 heterocycles. The average molecular weight is 657 g/mol. The van der Waals surface area contributed by atoms with Crippen LogP contribution in [0.3, 0.4) is 0 Å². The van der Waals surface area contributed by atoms with Crippen molar-refractivity contribution < 1.29 is 22.4 Å². The Labute approximate surface area is 267 Å². The van der Waals surface area contributed by atoms with E-state index in [0.717, 1.165) is 9.87 Å². The van der Waals surface area contributed by atoms with E-state index in [1.807, 2.05) is 37.3 Å². The number of amides is 2. The van der Waals surface area contributed by atoms with E-state index in [4.69, 9.17) is 23.2 Å². The molecule has 0 saturated carbocycles. The standard InChI is InChI=1S/C33H32Cl2FN3O4S/c1-2-19-37-33(41)31(20-24-11-5-3-6-12-24)38(22-25-13-9-10-16-29(25)36)32(40)23-39(30-18-17-26(34)21-28(30)35)44(42,43)27-14-7-4-8-15-27/h3-18,21,31H,2,19-20,22-23H2,1H3,(H,37,41). The zero-order chi connectivity index (χ0) is 31.7. The van der Waals surface area contributed by atoms with Gasteiger partial charge in [0.2, 0.25) is 11.8 Å². The van der Waals surface area contributed by atoms with Crippen molar-refractivity contribution in [3.63, 3.8) is 0 Å². The first-order valence-electron chi connectivity index (χ1n) is 14.0. The fraction of sp³-hybridized carbons (Fsp3) is 0.212. The highest BCUT2D eigenvalue weighted by atomic mass is 35.5. The van der Waals surface area contributed by atoms with Gasteiger partial charge in [-0.3, -0.25) is 13.9 Å². The van der Waals surface area contributed by atoms with E-state index >= 15 is 0 Å². The van der Waals surface area contributed by atoms with Crippen molar-refractivity contribution in [3.05, 3.63) is 130 Å². The minimum absolute atomic E-state index is 0.00647. The summed E-state index contributed by atoms with van der Waals surface area (Å²) in [6.45, 7) is 1.26. The SMILES string of the molecule is CCCNC(=O)C(Cc1ccccc1)N(Cc1ccccc1F)C(=O)CN(c1ccc(Cl)cc1Cl)S(=O)(=O)c1ccccc1. The maximum absolute atomic E-state index is 15.0. The van der Waals surface area contributed by atoms with Crippen LogP contribution in [0.5, 0.6) is 0 Å². The van der Waals surface area contributed by atoms with Crippen molar-refractivity contribution >= 4 is 50.7 Å². The summed E-state index contributed by atoms with van der Waals surface area (Å²) >= 11 is 12.6. The van der Waals surface area contributed by atoms with E-state index in [1.165, 1.54) is 53.4 Å². The van der Waals surface area contributed by atoms with Gasteiger partial charge in [-0.2, -0.15) is 0 Å². The number of rotatable bonds is 13. The van der Waals surface area contributed by atoms with Gasteiger partial charge in [-0.25, -0.2) is 12.8 Å². The summed E-state index contributed by atoms with van der Waals surface area (Å²) in [5.41, 5.74) is 0.961. The maximum Gasteiger partial charge on any atom is 0.264 e. The van der Waals surface area contributed by atoms with E-state index in [2.05, 4.69) is 5.32 Å². The molecular formula is C33H32Cl2FN3O4S. The molecule has 230 valence electrons. The van der Waals surface area contributed by atoms with Gasteiger partial charge >= 0.3 is 0 Å². The average Bonchev–Trinajstić information content (AvgIpc) is 3.02. The van der Waals surface area contributed by atoms with Gasteiger partial charge in [-0.05, 0) is 48.4 Å². The number of benzene rings is 4. The van der Waals surface area contributed by atoms with Crippen LogP contribution < -0.4 is 9.62 Å². The minimum Gasteiger partial charge on any atom is -0.354 e. The summed E-state index contributed by atoms with van der Waals surface area (Å²) in [5.74, 6) is -1.74. The molecule has 0 saturated heterocycles. The van der Waals surface area contributed by atoms with Gasteiger partial charge in [-0.1, -0.05) is 96.9 Å². The first-order valence-corrected chi connectivity index (χ1v) is 16.2. The molecule has 1 atom stereocenters. The summed E-state index contributed by atoms with van der Waals surface area (Å²) in [5, 5.41) is 3.13. The Morgan fingerprint density at radius 1 is 0.886 bits per heavy atom. The topological polar surface area (TPSA) is 86.8 Å².